The van der Waals surface area contributed by atoms with Gasteiger partial charge in [0.05, 0.1) is 0 Å². The predicted molar refractivity (Wildman–Crippen MR) is 70.4 cm³/mol. The Morgan fingerprint density at radius 3 is 2.21 bits per heavy atom. The Hall–Kier alpha value is -1.68. The van der Waals surface area contributed by atoms with Gasteiger partial charge in [0.25, 0.3) is 0 Å². The maximum atomic E-state index is 13.9. The van der Waals surface area contributed by atoms with Gasteiger partial charge in [-0.05, 0) is 35.9 Å². The highest BCUT2D eigenvalue weighted by Gasteiger charge is 2.16. The van der Waals surface area contributed by atoms with Gasteiger partial charge >= 0.3 is 0 Å². The van der Waals surface area contributed by atoms with Crippen molar-refractivity contribution in [1.82, 2.24) is 0 Å². The van der Waals surface area contributed by atoms with Gasteiger partial charge in [-0.15, -0.1) is 11.6 Å². The van der Waals surface area contributed by atoms with Crippen molar-refractivity contribution in [2.75, 3.05) is 11.9 Å². The SMILES string of the molecule is CN(c1cccc(F)c1)c1c(F)cc(CCl)cc1F. The first kappa shape index (κ1) is 13.7. The Morgan fingerprint density at radius 2 is 1.68 bits per heavy atom. The van der Waals surface area contributed by atoms with E-state index in [1.54, 1.807) is 6.07 Å². The molecule has 2 rings (SSSR count). The molecule has 0 saturated heterocycles. The highest BCUT2D eigenvalue weighted by atomic mass is 35.5. The van der Waals surface area contributed by atoms with Crippen LogP contribution in [0.15, 0.2) is 36.4 Å². The van der Waals surface area contributed by atoms with Crippen LogP contribution in [0.25, 0.3) is 0 Å². The highest BCUT2D eigenvalue weighted by Crippen LogP contribution is 2.30. The molecule has 0 aliphatic carbocycles. The summed E-state index contributed by atoms with van der Waals surface area (Å²) < 4.78 is 40.9. The summed E-state index contributed by atoms with van der Waals surface area (Å²) in [6.07, 6.45) is 0. The van der Waals surface area contributed by atoms with Crippen molar-refractivity contribution in [3.8, 4) is 0 Å². The number of hydrogen-bond donors (Lipinski definition) is 0. The van der Waals surface area contributed by atoms with Crippen LogP contribution in [-0.4, -0.2) is 7.05 Å². The third-order valence-corrected chi connectivity index (χ3v) is 3.07. The Kier molecular flexibility index (Phi) is 4.00. The van der Waals surface area contributed by atoms with E-state index in [4.69, 9.17) is 11.6 Å². The number of halogens is 4. The van der Waals surface area contributed by atoms with E-state index in [1.807, 2.05) is 0 Å². The molecular formula is C14H11ClF3N. The van der Waals surface area contributed by atoms with Crippen molar-refractivity contribution in [3.05, 3.63) is 59.4 Å². The molecule has 0 unspecified atom stereocenters. The second-order valence-electron chi connectivity index (χ2n) is 4.08. The van der Waals surface area contributed by atoms with Gasteiger partial charge in [0, 0.05) is 18.6 Å². The minimum absolute atomic E-state index is 0.0256. The molecule has 0 atom stereocenters. The minimum atomic E-state index is -0.734. The summed E-state index contributed by atoms with van der Waals surface area (Å²) in [5.74, 6) is -1.91. The molecule has 2 aromatic carbocycles. The lowest BCUT2D eigenvalue weighted by Gasteiger charge is -2.21. The van der Waals surface area contributed by atoms with Gasteiger partial charge < -0.3 is 4.90 Å². The summed E-state index contributed by atoms with van der Waals surface area (Å²) in [6.45, 7) is 0. The molecule has 0 aromatic heterocycles. The van der Waals surface area contributed by atoms with Crippen LogP contribution in [-0.2, 0) is 5.88 Å². The van der Waals surface area contributed by atoms with Gasteiger partial charge in [0.2, 0.25) is 0 Å². The summed E-state index contributed by atoms with van der Waals surface area (Å²) in [5.41, 5.74) is 0.476. The highest BCUT2D eigenvalue weighted by molar-refractivity contribution is 6.17. The average Bonchev–Trinajstić information content (AvgIpc) is 2.37. The molecule has 0 heterocycles. The van der Waals surface area contributed by atoms with Gasteiger partial charge in [-0.25, -0.2) is 13.2 Å². The third-order valence-electron chi connectivity index (χ3n) is 2.76. The number of benzene rings is 2. The monoisotopic (exact) mass is 285 g/mol. The minimum Gasteiger partial charge on any atom is -0.340 e. The molecule has 0 spiro atoms. The van der Waals surface area contributed by atoms with Crippen LogP contribution in [0, 0.1) is 17.5 Å². The van der Waals surface area contributed by atoms with Crippen molar-refractivity contribution >= 4 is 23.0 Å². The van der Waals surface area contributed by atoms with E-state index in [1.165, 1.54) is 42.3 Å². The van der Waals surface area contributed by atoms with Crippen LogP contribution in [0.1, 0.15) is 5.56 Å². The van der Waals surface area contributed by atoms with E-state index in [0.717, 1.165) is 0 Å². The fourth-order valence-corrected chi connectivity index (χ4v) is 1.98. The Labute approximate surface area is 114 Å². The standard InChI is InChI=1S/C14H11ClF3N/c1-19(11-4-2-3-10(16)7-11)14-12(17)5-9(8-15)6-13(14)18/h2-7H,8H2,1H3. The zero-order valence-electron chi connectivity index (χ0n) is 10.1. The zero-order valence-corrected chi connectivity index (χ0v) is 10.9. The number of anilines is 2. The molecule has 0 fully saturated rings. The first-order valence-corrected chi connectivity index (χ1v) is 6.09. The van der Waals surface area contributed by atoms with Crippen LogP contribution >= 0.6 is 11.6 Å². The zero-order chi connectivity index (χ0) is 14.0. The molecule has 100 valence electrons. The quantitative estimate of drug-likeness (QED) is 0.744. The lowest BCUT2D eigenvalue weighted by Crippen LogP contribution is -2.13. The Balaban J connectivity index is 2.47. The van der Waals surface area contributed by atoms with Gasteiger partial charge in [-0.3, -0.25) is 0 Å². The number of alkyl halides is 1. The lowest BCUT2D eigenvalue weighted by atomic mass is 10.1. The van der Waals surface area contributed by atoms with Gasteiger partial charge in [0.1, 0.15) is 23.1 Å². The maximum Gasteiger partial charge on any atom is 0.150 e. The van der Waals surface area contributed by atoms with Crippen molar-refractivity contribution in [3.63, 3.8) is 0 Å². The molecule has 1 nitrogen and oxygen atoms in total. The fourth-order valence-electron chi connectivity index (χ4n) is 1.83. The number of rotatable bonds is 3. The first-order valence-electron chi connectivity index (χ1n) is 5.56. The van der Waals surface area contributed by atoms with Crippen molar-refractivity contribution < 1.29 is 13.2 Å². The first-order chi connectivity index (χ1) is 9.02. The molecule has 0 N–H and O–H groups in total. The Bertz CT molecular complexity index is 578. The lowest BCUT2D eigenvalue weighted by molar-refractivity contribution is 0.581. The molecule has 5 heteroatoms. The molecule has 0 aliphatic rings. The number of hydrogen-bond acceptors (Lipinski definition) is 1. The largest absolute Gasteiger partial charge is 0.340 e. The normalized spacial score (nSPS) is 10.6. The van der Waals surface area contributed by atoms with Crippen LogP contribution in [0.3, 0.4) is 0 Å². The molecule has 0 aliphatic heterocycles. The van der Waals surface area contributed by atoms with Gasteiger partial charge in [-0.2, -0.15) is 0 Å². The summed E-state index contributed by atoms with van der Waals surface area (Å²) in [5, 5.41) is 0. The van der Waals surface area contributed by atoms with Crippen molar-refractivity contribution in [1.29, 1.82) is 0 Å². The van der Waals surface area contributed by atoms with Crippen molar-refractivity contribution in [2.45, 2.75) is 5.88 Å². The number of nitrogens with zero attached hydrogens (tertiary/aromatic N) is 1. The summed E-state index contributed by atoms with van der Waals surface area (Å²) in [6, 6.07) is 7.85. The molecule has 0 bridgehead atoms. The molecule has 0 saturated carbocycles. The molecule has 0 radical (unpaired) electrons. The van der Waals surface area contributed by atoms with Crippen LogP contribution in [0.5, 0.6) is 0 Å². The third kappa shape index (κ3) is 2.84. The van der Waals surface area contributed by atoms with E-state index >= 15 is 0 Å². The Morgan fingerprint density at radius 1 is 1.05 bits per heavy atom. The molecule has 0 amide bonds. The topological polar surface area (TPSA) is 3.24 Å². The van der Waals surface area contributed by atoms with E-state index in [9.17, 15) is 13.2 Å². The summed E-state index contributed by atoms with van der Waals surface area (Å²) in [4.78, 5) is 1.26. The smallest absolute Gasteiger partial charge is 0.150 e. The van der Waals surface area contributed by atoms with Crippen LogP contribution in [0.4, 0.5) is 24.5 Å². The van der Waals surface area contributed by atoms with Crippen LogP contribution in [0.2, 0.25) is 0 Å². The van der Waals surface area contributed by atoms with Gasteiger partial charge in [-0.1, -0.05) is 6.07 Å². The fraction of sp³-hybridized carbons (Fsp3) is 0.143. The molecule has 2 aromatic rings. The second-order valence-corrected chi connectivity index (χ2v) is 4.35. The summed E-state index contributed by atoms with van der Waals surface area (Å²) in [7, 11) is 1.47. The van der Waals surface area contributed by atoms with Crippen LogP contribution < -0.4 is 4.90 Å². The van der Waals surface area contributed by atoms with E-state index in [0.29, 0.717) is 11.3 Å². The molecule has 19 heavy (non-hydrogen) atoms. The summed E-state index contributed by atoms with van der Waals surface area (Å²) >= 11 is 5.54. The van der Waals surface area contributed by atoms with E-state index < -0.39 is 17.5 Å². The predicted octanol–water partition coefficient (Wildman–Crippen LogP) is 4.61. The maximum absolute atomic E-state index is 13.9. The van der Waals surface area contributed by atoms with Crippen molar-refractivity contribution in [2.24, 2.45) is 0 Å². The average molecular weight is 286 g/mol. The second kappa shape index (κ2) is 5.53. The molecular weight excluding hydrogens is 275 g/mol. The van der Waals surface area contributed by atoms with Gasteiger partial charge in [0.15, 0.2) is 0 Å². The van der Waals surface area contributed by atoms with E-state index in [2.05, 4.69) is 0 Å². The van der Waals surface area contributed by atoms with E-state index in [-0.39, 0.29) is 11.6 Å².